The van der Waals surface area contributed by atoms with Crippen LogP contribution in [0, 0.1) is 0 Å². The molecule has 150 valence electrons. The highest BCUT2D eigenvalue weighted by Gasteiger charge is 2.47. The molecule has 28 heavy (non-hydrogen) atoms. The maximum atomic E-state index is 12.9. The van der Waals surface area contributed by atoms with Crippen LogP contribution in [0.1, 0.15) is 46.5 Å². The van der Waals surface area contributed by atoms with Gasteiger partial charge in [0, 0.05) is 29.5 Å². The average molecular weight is 447 g/mol. The summed E-state index contributed by atoms with van der Waals surface area (Å²) in [5.74, 6) is 0.946. The number of aromatic nitrogens is 2. The lowest BCUT2D eigenvalue weighted by Crippen LogP contribution is -2.63. The Labute approximate surface area is 174 Å². The van der Waals surface area contributed by atoms with Crippen LogP contribution in [0.5, 0.6) is 0 Å². The summed E-state index contributed by atoms with van der Waals surface area (Å²) in [4.78, 5) is 26.3. The van der Waals surface area contributed by atoms with Crippen LogP contribution in [0.3, 0.4) is 0 Å². The van der Waals surface area contributed by atoms with Crippen LogP contribution in [0.4, 0.5) is 10.6 Å². The van der Waals surface area contributed by atoms with Crippen LogP contribution < -0.4 is 4.90 Å². The quantitative estimate of drug-likeness (QED) is 0.631. The molecule has 1 aromatic heterocycles. The maximum Gasteiger partial charge on any atom is 0.410 e. The number of hydrogen-bond acceptors (Lipinski definition) is 5. The minimum Gasteiger partial charge on any atom is -0.444 e. The summed E-state index contributed by atoms with van der Waals surface area (Å²) in [6.07, 6.45) is 5.74. The van der Waals surface area contributed by atoms with Crippen LogP contribution >= 0.6 is 15.9 Å². The van der Waals surface area contributed by atoms with Crippen molar-refractivity contribution in [1.29, 1.82) is 0 Å². The van der Waals surface area contributed by atoms with E-state index < -0.39 is 5.60 Å². The van der Waals surface area contributed by atoms with Crippen molar-refractivity contribution < 1.29 is 9.53 Å². The van der Waals surface area contributed by atoms with Crippen LogP contribution in [0.2, 0.25) is 0 Å². The number of benzene rings is 1. The summed E-state index contributed by atoms with van der Waals surface area (Å²) in [7, 11) is 0. The molecule has 1 aliphatic heterocycles. The smallest absolute Gasteiger partial charge is 0.410 e. The Morgan fingerprint density at radius 2 is 1.93 bits per heavy atom. The van der Waals surface area contributed by atoms with Gasteiger partial charge < -0.3 is 9.64 Å². The largest absolute Gasteiger partial charge is 0.444 e. The molecule has 2 fully saturated rings. The predicted molar refractivity (Wildman–Crippen MR) is 114 cm³/mol. The molecule has 0 radical (unpaired) electrons. The molecule has 0 atom stereocenters. The molecule has 1 spiro atoms. The van der Waals surface area contributed by atoms with Crippen molar-refractivity contribution in [1.82, 2.24) is 14.9 Å². The lowest BCUT2D eigenvalue weighted by molar-refractivity contribution is -0.00625. The van der Waals surface area contributed by atoms with E-state index in [1.165, 1.54) is 0 Å². The molecular weight excluding hydrogens is 420 g/mol. The molecule has 1 saturated carbocycles. The molecule has 0 N–H and O–H groups in total. The first-order chi connectivity index (χ1) is 13.3. The van der Waals surface area contributed by atoms with E-state index in [2.05, 4.69) is 36.9 Å². The SMILES string of the molecule is CC(C)(C)OC(=O)N1CCN(c2ncnc3ccc(Br)cc23)CC12CCCC2. The Morgan fingerprint density at radius 1 is 1.18 bits per heavy atom. The monoisotopic (exact) mass is 446 g/mol. The van der Waals surface area contributed by atoms with E-state index in [9.17, 15) is 4.79 Å². The van der Waals surface area contributed by atoms with Crippen molar-refractivity contribution in [2.75, 3.05) is 24.5 Å². The van der Waals surface area contributed by atoms with Crippen LogP contribution in [-0.2, 0) is 4.74 Å². The van der Waals surface area contributed by atoms with Gasteiger partial charge in [0.1, 0.15) is 17.7 Å². The molecule has 0 unspecified atom stereocenters. The van der Waals surface area contributed by atoms with Gasteiger partial charge in [0.2, 0.25) is 0 Å². The average Bonchev–Trinajstić information content (AvgIpc) is 3.08. The van der Waals surface area contributed by atoms with Crippen molar-refractivity contribution >= 4 is 38.7 Å². The van der Waals surface area contributed by atoms with Gasteiger partial charge in [-0.2, -0.15) is 0 Å². The van der Waals surface area contributed by atoms with E-state index in [1.807, 2.05) is 37.8 Å². The normalized spacial score (nSPS) is 19.4. The minimum atomic E-state index is -0.483. The topological polar surface area (TPSA) is 58.6 Å². The number of fused-ring (bicyclic) bond motifs is 1. The van der Waals surface area contributed by atoms with Crippen molar-refractivity contribution in [3.63, 3.8) is 0 Å². The molecule has 1 aromatic carbocycles. The zero-order valence-corrected chi connectivity index (χ0v) is 18.3. The summed E-state index contributed by atoms with van der Waals surface area (Å²) in [5.41, 5.74) is 0.274. The Morgan fingerprint density at radius 3 is 2.64 bits per heavy atom. The Bertz CT molecular complexity index is 890. The number of ether oxygens (including phenoxy) is 1. The second-order valence-corrected chi connectivity index (χ2v) is 9.76. The number of amides is 1. The number of carbonyl (C=O) groups is 1. The fourth-order valence-corrected chi connectivity index (χ4v) is 4.85. The van der Waals surface area contributed by atoms with Crippen molar-refractivity contribution in [2.24, 2.45) is 0 Å². The highest BCUT2D eigenvalue weighted by atomic mass is 79.9. The van der Waals surface area contributed by atoms with Crippen LogP contribution in [-0.4, -0.2) is 51.7 Å². The van der Waals surface area contributed by atoms with Gasteiger partial charge >= 0.3 is 6.09 Å². The molecule has 0 bridgehead atoms. The van der Waals surface area contributed by atoms with Gasteiger partial charge in [-0.1, -0.05) is 28.8 Å². The summed E-state index contributed by atoms with van der Waals surface area (Å²) < 4.78 is 6.74. The summed E-state index contributed by atoms with van der Waals surface area (Å²) in [6.45, 7) is 7.94. The summed E-state index contributed by atoms with van der Waals surface area (Å²) in [5, 5.41) is 1.04. The van der Waals surface area contributed by atoms with Gasteiger partial charge in [-0.3, -0.25) is 4.90 Å². The summed E-state index contributed by atoms with van der Waals surface area (Å²) >= 11 is 3.56. The minimum absolute atomic E-state index is 0.177. The number of hydrogen-bond donors (Lipinski definition) is 0. The molecule has 7 heteroatoms. The molecule has 2 aromatic rings. The highest BCUT2D eigenvalue weighted by Crippen LogP contribution is 2.40. The molecular formula is C21H27BrN4O2. The molecule has 1 amide bonds. The first-order valence-corrected chi connectivity index (χ1v) is 10.7. The van der Waals surface area contributed by atoms with Crippen molar-refractivity contribution in [3.05, 3.63) is 29.0 Å². The van der Waals surface area contributed by atoms with Gasteiger partial charge in [0.25, 0.3) is 0 Å². The van der Waals surface area contributed by atoms with E-state index in [4.69, 9.17) is 4.74 Å². The number of carbonyl (C=O) groups excluding carboxylic acids is 1. The maximum absolute atomic E-state index is 12.9. The molecule has 1 aliphatic carbocycles. The Kier molecular flexibility index (Phi) is 4.98. The van der Waals surface area contributed by atoms with E-state index >= 15 is 0 Å². The lowest BCUT2D eigenvalue weighted by Gasteiger charge is -2.49. The van der Waals surface area contributed by atoms with Crippen molar-refractivity contribution in [2.45, 2.75) is 57.6 Å². The van der Waals surface area contributed by atoms with E-state index in [1.54, 1.807) is 6.33 Å². The standard InChI is InChI=1S/C21H27BrN4O2/c1-20(2,3)28-19(27)26-11-10-25(13-21(26)8-4-5-9-21)18-16-12-15(22)6-7-17(16)23-14-24-18/h6-7,12,14H,4-5,8-11,13H2,1-3H3. The molecule has 2 aliphatic rings. The van der Waals surface area contributed by atoms with E-state index in [-0.39, 0.29) is 11.6 Å². The van der Waals surface area contributed by atoms with Crippen LogP contribution in [0.25, 0.3) is 10.9 Å². The number of nitrogens with zero attached hydrogens (tertiary/aromatic N) is 4. The number of rotatable bonds is 1. The van der Waals surface area contributed by atoms with Gasteiger partial charge in [-0.05, 0) is 51.8 Å². The fraction of sp³-hybridized carbons (Fsp3) is 0.571. The highest BCUT2D eigenvalue weighted by molar-refractivity contribution is 9.10. The summed E-state index contributed by atoms with van der Waals surface area (Å²) in [6, 6.07) is 6.08. The third kappa shape index (κ3) is 3.69. The van der Waals surface area contributed by atoms with Gasteiger partial charge in [-0.15, -0.1) is 0 Å². The Hall–Kier alpha value is -1.89. The molecule has 4 rings (SSSR count). The second-order valence-electron chi connectivity index (χ2n) is 8.84. The van der Waals surface area contributed by atoms with E-state index in [0.717, 1.165) is 60.0 Å². The van der Waals surface area contributed by atoms with Crippen LogP contribution in [0.15, 0.2) is 29.0 Å². The fourth-order valence-electron chi connectivity index (χ4n) is 4.49. The third-order valence-corrected chi connectivity index (χ3v) is 6.17. The van der Waals surface area contributed by atoms with Gasteiger partial charge in [0.05, 0.1) is 11.1 Å². The third-order valence-electron chi connectivity index (χ3n) is 5.68. The first-order valence-electron chi connectivity index (χ1n) is 9.93. The van der Waals surface area contributed by atoms with Gasteiger partial charge in [0.15, 0.2) is 0 Å². The Balaban J connectivity index is 1.65. The first kappa shape index (κ1) is 19.4. The van der Waals surface area contributed by atoms with E-state index in [0.29, 0.717) is 6.54 Å². The molecule has 1 saturated heterocycles. The number of halogens is 1. The van der Waals surface area contributed by atoms with Crippen molar-refractivity contribution in [3.8, 4) is 0 Å². The lowest BCUT2D eigenvalue weighted by atomic mass is 9.92. The number of anilines is 1. The zero-order valence-electron chi connectivity index (χ0n) is 16.7. The molecule has 2 heterocycles. The second kappa shape index (κ2) is 7.17. The zero-order chi connectivity index (χ0) is 19.9. The molecule has 6 nitrogen and oxygen atoms in total. The van der Waals surface area contributed by atoms with Gasteiger partial charge in [-0.25, -0.2) is 14.8 Å². The predicted octanol–water partition coefficient (Wildman–Crippen LogP) is 4.76. The number of piperazine rings is 1.